The van der Waals surface area contributed by atoms with Crippen molar-refractivity contribution >= 4 is 0 Å². The summed E-state index contributed by atoms with van der Waals surface area (Å²) in [6, 6.07) is 11.6. The molecule has 0 aliphatic rings. The van der Waals surface area contributed by atoms with Crippen molar-refractivity contribution < 1.29 is 8.78 Å². The van der Waals surface area contributed by atoms with Gasteiger partial charge in [0.1, 0.15) is 11.6 Å². The van der Waals surface area contributed by atoms with Gasteiger partial charge in [-0.05, 0) is 36.8 Å². The molecule has 0 aromatic heterocycles. The average Bonchev–Trinajstić information content (AvgIpc) is 2.22. The Morgan fingerprint density at radius 3 is 2.60 bits per heavy atom. The number of rotatable bonds is 1. The summed E-state index contributed by atoms with van der Waals surface area (Å²) in [4.78, 5) is 0. The van der Waals surface area contributed by atoms with E-state index < -0.39 is 11.6 Å². The lowest BCUT2D eigenvalue weighted by atomic mass is 10.0. The van der Waals surface area contributed by atoms with Crippen LogP contribution in [0.4, 0.5) is 8.78 Å². The molecule has 0 aliphatic carbocycles. The summed E-state index contributed by atoms with van der Waals surface area (Å²) in [7, 11) is 0. The van der Waals surface area contributed by atoms with E-state index in [9.17, 15) is 8.78 Å². The van der Waals surface area contributed by atoms with Gasteiger partial charge in [0.25, 0.3) is 0 Å². The van der Waals surface area contributed by atoms with E-state index in [2.05, 4.69) is 6.07 Å². The Morgan fingerprint density at radius 2 is 1.87 bits per heavy atom. The molecule has 2 rings (SSSR count). The Kier molecular flexibility index (Phi) is 2.50. The lowest BCUT2D eigenvalue weighted by Gasteiger charge is -2.03. The van der Waals surface area contributed by atoms with Gasteiger partial charge in [0.05, 0.1) is 0 Å². The molecule has 2 heteroatoms. The third kappa shape index (κ3) is 2.04. The molecule has 0 saturated heterocycles. The maximum Gasteiger partial charge on any atom is 0.131 e. The van der Waals surface area contributed by atoms with E-state index >= 15 is 0 Å². The first-order chi connectivity index (χ1) is 7.16. The number of hydrogen-bond donors (Lipinski definition) is 0. The molecule has 2 aromatic rings. The highest BCUT2D eigenvalue weighted by atomic mass is 19.1. The topological polar surface area (TPSA) is 0 Å². The normalized spacial score (nSPS) is 10.3. The molecule has 0 aliphatic heterocycles. The number of aryl methyl sites for hydroxylation is 1. The molecular weight excluding hydrogens is 194 g/mol. The first-order valence-corrected chi connectivity index (χ1v) is 4.60. The summed E-state index contributed by atoms with van der Waals surface area (Å²) in [6.07, 6.45) is 0. The Bertz CT molecular complexity index is 490. The van der Waals surface area contributed by atoms with Crippen molar-refractivity contribution in [3.05, 3.63) is 59.7 Å². The zero-order valence-corrected chi connectivity index (χ0v) is 8.22. The number of benzene rings is 2. The predicted molar refractivity (Wildman–Crippen MR) is 55.4 cm³/mol. The van der Waals surface area contributed by atoms with Crippen molar-refractivity contribution in [2.75, 3.05) is 0 Å². The van der Waals surface area contributed by atoms with Crippen LogP contribution in [-0.2, 0) is 0 Å². The molecule has 0 nitrogen and oxygen atoms in total. The van der Waals surface area contributed by atoms with Gasteiger partial charge >= 0.3 is 0 Å². The monoisotopic (exact) mass is 203 g/mol. The summed E-state index contributed by atoms with van der Waals surface area (Å²) in [6.45, 7) is 1.90. The van der Waals surface area contributed by atoms with Crippen LogP contribution in [0.1, 0.15) is 5.56 Å². The van der Waals surface area contributed by atoms with Crippen LogP contribution in [0.2, 0.25) is 0 Å². The Labute approximate surface area is 87.2 Å². The molecule has 0 heterocycles. The Hall–Kier alpha value is -1.70. The van der Waals surface area contributed by atoms with E-state index in [-0.39, 0.29) is 5.56 Å². The second kappa shape index (κ2) is 3.81. The third-order valence-corrected chi connectivity index (χ3v) is 2.18. The van der Waals surface area contributed by atoms with Gasteiger partial charge in [-0.3, -0.25) is 0 Å². The molecule has 0 fully saturated rings. The molecule has 75 valence electrons. The van der Waals surface area contributed by atoms with Crippen molar-refractivity contribution in [2.45, 2.75) is 6.92 Å². The van der Waals surface area contributed by atoms with Gasteiger partial charge in [-0.2, -0.15) is 0 Å². The quantitative estimate of drug-likeness (QED) is 0.662. The molecule has 2 aromatic carbocycles. The molecule has 0 saturated carbocycles. The smallest absolute Gasteiger partial charge is 0.131 e. The fourth-order valence-corrected chi connectivity index (χ4v) is 1.44. The second-order valence-electron chi connectivity index (χ2n) is 3.40. The molecule has 1 radical (unpaired) electrons. The number of hydrogen-bond acceptors (Lipinski definition) is 0. The molecule has 0 atom stereocenters. The summed E-state index contributed by atoms with van der Waals surface area (Å²) in [5.41, 5.74) is 1.82. The standard InChI is InChI=1S/C13H9F2/c1-9-3-2-4-10(7-9)12-8-11(14)5-6-13(12)15/h2-3,5-8H,1H3. The van der Waals surface area contributed by atoms with Gasteiger partial charge in [-0.25, -0.2) is 8.78 Å². The maximum atomic E-state index is 13.4. The van der Waals surface area contributed by atoms with Crippen molar-refractivity contribution in [1.82, 2.24) is 0 Å². The molecule has 0 spiro atoms. The summed E-state index contributed by atoms with van der Waals surface area (Å²) in [5.74, 6) is -0.875. The van der Waals surface area contributed by atoms with Crippen molar-refractivity contribution in [3.63, 3.8) is 0 Å². The van der Waals surface area contributed by atoms with Gasteiger partial charge in [0, 0.05) is 5.56 Å². The van der Waals surface area contributed by atoms with Crippen LogP contribution in [0.3, 0.4) is 0 Å². The maximum absolute atomic E-state index is 13.4. The lowest BCUT2D eigenvalue weighted by molar-refractivity contribution is 0.603. The van der Waals surface area contributed by atoms with Gasteiger partial charge in [0.15, 0.2) is 0 Å². The molecule has 15 heavy (non-hydrogen) atoms. The van der Waals surface area contributed by atoms with E-state index in [4.69, 9.17) is 0 Å². The van der Waals surface area contributed by atoms with Gasteiger partial charge in [0.2, 0.25) is 0 Å². The van der Waals surface area contributed by atoms with E-state index in [1.54, 1.807) is 12.1 Å². The molecule has 0 unspecified atom stereocenters. The van der Waals surface area contributed by atoms with Crippen LogP contribution in [-0.4, -0.2) is 0 Å². The summed E-state index contributed by atoms with van der Waals surface area (Å²) >= 11 is 0. The van der Waals surface area contributed by atoms with Crippen LogP contribution in [0.5, 0.6) is 0 Å². The van der Waals surface area contributed by atoms with Crippen LogP contribution in [0, 0.1) is 24.6 Å². The fraction of sp³-hybridized carbons (Fsp3) is 0.0769. The van der Waals surface area contributed by atoms with Crippen molar-refractivity contribution in [2.24, 2.45) is 0 Å². The average molecular weight is 203 g/mol. The first-order valence-electron chi connectivity index (χ1n) is 4.60. The van der Waals surface area contributed by atoms with Crippen LogP contribution in [0.25, 0.3) is 11.1 Å². The minimum atomic E-state index is -0.443. The van der Waals surface area contributed by atoms with Crippen LogP contribution < -0.4 is 0 Å². The van der Waals surface area contributed by atoms with E-state index in [1.165, 1.54) is 6.07 Å². The second-order valence-corrected chi connectivity index (χ2v) is 3.40. The van der Waals surface area contributed by atoms with E-state index in [0.717, 1.165) is 17.7 Å². The van der Waals surface area contributed by atoms with Crippen LogP contribution >= 0.6 is 0 Å². The fourth-order valence-electron chi connectivity index (χ4n) is 1.44. The van der Waals surface area contributed by atoms with Gasteiger partial charge in [-0.15, -0.1) is 0 Å². The summed E-state index contributed by atoms with van der Waals surface area (Å²) < 4.78 is 26.4. The largest absolute Gasteiger partial charge is 0.207 e. The minimum absolute atomic E-state index is 0.249. The van der Waals surface area contributed by atoms with Gasteiger partial charge < -0.3 is 0 Å². The highest BCUT2D eigenvalue weighted by Gasteiger charge is 2.06. The zero-order chi connectivity index (χ0) is 10.8. The molecule has 0 amide bonds. The van der Waals surface area contributed by atoms with Crippen molar-refractivity contribution in [1.29, 1.82) is 0 Å². The lowest BCUT2D eigenvalue weighted by Crippen LogP contribution is -1.87. The first kappa shape index (κ1) is 9.84. The number of halogens is 2. The molecule has 0 N–H and O–H groups in total. The zero-order valence-electron chi connectivity index (χ0n) is 8.22. The Morgan fingerprint density at radius 1 is 1.07 bits per heavy atom. The summed E-state index contributed by atoms with van der Waals surface area (Å²) in [5, 5.41) is 0. The molecule has 0 bridgehead atoms. The van der Waals surface area contributed by atoms with E-state index in [0.29, 0.717) is 5.56 Å². The van der Waals surface area contributed by atoms with Crippen molar-refractivity contribution in [3.8, 4) is 11.1 Å². The minimum Gasteiger partial charge on any atom is -0.207 e. The highest BCUT2D eigenvalue weighted by Crippen LogP contribution is 2.23. The van der Waals surface area contributed by atoms with E-state index in [1.807, 2.05) is 13.0 Å². The van der Waals surface area contributed by atoms with Crippen LogP contribution in [0.15, 0.2) is 36.4 Å². The molecular formula is C13H9F2. The van der Waals surface area contributed by atoms with Gasteiger partial charge in [-0.1, -0.05) is 23.8 Å². The SMILES string of the molecule is Cc1cc[c]c(-c2cc(F)ccc2F)c1. The predicted octanol–water partition coefficient (Wildman–Crippen LogP) is 3.74. The Balaban J connectivity index is 2.58. The third-order valence-electron chi connectivity index (χ3n) is 2.18. The highest BCUT2D eigenvalue weighted by molar-refractivity contribution is 5.64.